The van der Waals surface area contributed by atoms with Gasteiger partial charge in [-0.1, -0.05) is 59.8 Å². The van der Waals surface area contributed by atoms with E-state index < -0.39 is 93.6 Å². The van der Waals surface area contributed by atoms with E-state index in [9.17, 15) is 47.4 Å². The van der Waals surface area contributed by atoms with E-state index >= 15 is 0 Å². The van der Waals surface area contributed by atoms with Crippen LogP contribution in [0.15, 0.2) is 18.2 Å². The van der Waals surface area contributed by atoms with Gasteiger partial charge in [-0.25, -0.2) is 14.4 Å². The summed E-state index contributed by atoms with van der Waals surface area (Å²) in [7, 11) is 0. The predicted molar refractivity (Wildman–Crippen MR) is 198 cm³/mol. The van der Waals surface area contributed by atoms with Crippen molar-refractivity contribution in [2.45, 2.75) is 149 Å². The van der Waals surface area contributed by atoms with Gasteiger partial charge in [0, 0.05) is 11.0 Å². The van der Waals surface area contributed by atoms with Crippen molar-refractivity contribution in [3.63, 3.8) is 0 Å². The topological polar surface area (TPSA) is 193 Å². The van der Waals surface area contributed by atoms with Crippen LogP contribution >= 0.6 is 0 Å². The Labute approximate surface area is 330 Å². The molecule has 1 aromatic carbocycles. The minimum Gasteiger partial charge on any atom is -0.493 e. The second-order valence-corrected chi connectivity index (χ2v) is 16.3. The molecule has 15 nitrogen and oxygen atoms in total. The van der Waals surface area contributed by atoms with Crippen molar-refractivity contribution in [2.24, 2.45) is 5.41 Å². The van der Waals surface area contributed by atoms with Crippen LogP contribution in [0.3, 0.4) is 0 Å². The number of carbonyl (C=O) groups excluding carboxylic acids is 3. The number of aliphatic carboxylic acids is 1. The molecule has 3 rings (SSSR count). The maximum atomic E-state index is 13.7. The van der Waals surface area contributed by atoms with E-state index in [0.717, 1.165) is 56.1 Å². The number of carboxylic acid groups (broad SMARTS) is 2. The number of halogens is 3. The quantitative estimate of drug-likeness (QED) is 0.131. The third-order valence-electron chi connectivity index (χ3n) is 8.64. The van der Waals surface area contributed by atoms with Gasteiger partial charge in [0.1, 0.15) is 28.8 Å². The Hall–Kier alpha value is -4.32. The minimum atomic E-state index is -4.85. The lowest BCUT2D eigenvalue weighted by atomic mass is 9.91. The van der Waals surface area contributed by atoms with Gasteiger partial charge in [0.05, 0.1) is 29.4 Å². The van der Waals surface area contributed by atoms with Gasteiger partial charge in [0.2, 0.25) is 0 Å². The standard InChI is InChI=1S/C26H38F3N3O6.C12H21NO5/c1-6-7-8-9-10-11-14-37-19-13-12-17(15-18(19)26(27,28)29)20(33)30-31-21(34)25(5)16-38-22(24(2,3)4)32(25)23(35)36;1-10(2,3)18-9(16)13-11(4,5)17-7-12(13,6)8(14)15/h12-13,15,22H,6-11,14,16H2,1-5H3,(H,30,33)(H,31,34)(H,35,36);7H2,1-6H3,(H,14,15)/t22-,25?;12-/m10/s1/i16D2,22D;. The number of nitrogens with zero attached hydrogens (tertiary/aromatic N) is 2. The summed E-state index contributed by atoms with van der Waals surface area (Å²) in [6, 6.07) is 2.60. The van der Waals surface area contributed by atoms with Crippen molar-refractivity contribution in [3.8, 4) is 5.75 Å². The second-order valence-electron chi connectivity index (χ2n) is 16.3. The zero-order valence-electron chi connectivity index (χ0n) is 37.0. The summed E-state index contributed by atoms with van der Waals surface area (Å²) in [4.78, 5) is 62.8. The number of unbranched alkanes of at least 4 members (excludes halogenated alkanes) is 5. The fourth-order valence-electron chi connectivity index (χ4n) is 5.67. The molecule has 0 radical (unpaired) electrons. The number of carbonyl (C=O) groups is 5. The number of carboxylic acids is 1. The number of ether oxygens (including phenoxy) is 4. The molecule has 56 heavy (non-hydrogen) atoms. The molecular formula is C38H59F3N4O11. The van der Waals surface area contributed by atoms with Crippen LogP contribution in [0, 0.1) is 5.41 Å². The summed E-state index contributed by atoms with van der Waals surface area (Å²) in [5, 5.41) is 19.1. The molecule has 4 amide bonds. The zero-order valence-corrected chi connectivity index (χ0v) is 34.0. The Morgan fingerprint density at radius 1 is 0.946 bits per heavy atom. The SMILES string of the molecule is CC(C)(C)OC(=O)N1C(C)(C)OC[C@@]1(C)C(=O)O.[2H]C1([2H])O[C@]([2H])(C(C)(C)C)N(C(=O)O)C1(C)C(=O)NNC(=O)c1ccc(OCCCCCCCC)c(C(F)(F)F)c1. The van der Waals surface area contributed by atoms with Crippen LogP contribution in [-0.4, -0.2) is 98.4 Å². The molecule has 2 saturated heterocycles. The Bertz CT molecular complexity index is 1720. The van der Waals surface area contributed by atoms with Gasteiger partial charge in [-0.2, -0.15) is 13.2 Å². The van der Waals surface area contributed by atoms with Crippen molar-refractivity contribution in [1.29, 1.82) is 0 Å². The van der Waals surface area contributed by atoms with Crippen molar-refractivity contribution in [2.75, 3.05) is 19.8 Å². The van der Waals surface area contributed by atoms with E-state index in [1.54, 1.807) is 34.6 Å². The first kappa shape index (κ1) is 42.8. The number of benzene rings is 1. The Morgan fingerprint density at radius 3 is 2.05 bits per heavy atom. The first-order chi connectivity index (χ1) is 26.6. The van der Waals surface area contributed by atoms with E-state index in [4.69, 9.17) is 23.1 Å². The lowest BCUT2D eigenvalue weighted by Crippen LogP contribution is -2.62. The van der Waals surface area contributed by atoms with Crippen LogP contribution in [0.4, 0.5) is 22.8 Å². The largest absolute Gasteiger partial charge is 0.493 e. The third-order valence-corrected chi connectivity index (χ3v) is 8.64. The summed E-state index contributed by atoms with van der Waals surface area (Å²) < 4.78 is 87.4. The number of hydrogen-bond donors (Lipinski definition) is 4. The number of nitrogens with one attached hydrogen (secondary N) is 2. The Balaban J connectivity index is 0.000000554. The van der Waals surface area contributed by atoms with Crippen molar-refractivity contribution in [1.82, 2.24) is 20.7 Å². The maximum Gasteiger partial charge on any atom is 0.419 e. The Kier molecular flexibility index (Phi) is 14.0. The first-order valence-corrected chi connectivity index (χ1v) is 18.2. The maximum absolute atomic E-state index is 13.7. The smallest absolute Gasteiger partial charge is 0.419 e. The van der Waals surface area contributed by atoms with Gasteiger partial charge >= 0.3 is 24.3 Å². The molecule has 2 aliphatic heterocycles. The highest BCUT2D eigenvalue weighted by Gasteiger charge is 2.58. The molecule has 0 bridgehead atoms. The minimum absolute atomic E-state index is 0.0609. The van der Waals surface area contributed by atoms with Gasteiger partial charge in [0.25, 0.3) is 11.8 Å². The summed E-state index contributed by atoms with van der Waals surface area (Å²) in [6.07, 6.45) is -4.42. The van der Waals surface area contributed by atoms with E-state index in [1.807, 2.05) is 10.9 Å². The zero-order chi connectivity index (χ0) is 45.8. The van der Waals surface area contributed by atoms with Crippen LogP contribution in [0.5, 0.6) is 5.75 Å². The van der Waals surface area contributed by atoms with Crippen molar-refractivity contribution >= 4 is 30.0 Å². The van der Waals surface area contributed by atoms with E-state index in [0.29, 0.717) is 12.5 Å². The van der Waals surface area contributed by atoms with Gasteiger partial charge in [-0.05, 0) is 73.1 Å². The van der Waals surface area contributed by atoms with Crippen LogP contribution in [0.1, 0.15) is 135 Å². The molecule has 0 spiro atoms. The second kappa shape index (κ2) is 18.3. The summed E-state index contributed by atoms with van der Waals surface area (Å²) in [5.74, 6) is -4.17. The van der Waals surface area contributed by atoms with Crippen LogP contribution < -0.4 is 15.6 Å². The van der Waals surface area contributed by atoms with Crippen molar-refractivity contribution in [3.05, 3.63) is 29.3 Å². The molecule has 0 aromatic heterocycles. The average molecular weight is 808 g/mol. The highest BCUT2D eigenvalue weighted by atomic mass is 19.4. The number of alkyl halides is 3. The summed E-state index contributed by atoms with van der Waals surface area (Å²) in [6.45, 7) is 14.1. The molecule has 318 valence electrons. The van der Waals surface area contributed by atoms with Crippen LogP contribution in [0.25, 0.3) is 0 Å². The molecule has 2 aliphatic rings. The molecule has 0 saturated carbocycles. The molecule has 2 fully saturated rings. The highest BCUT2D eigenvalue weighted by molar-refractivity contribution is 5.97. The van der Waals surface area contributed by atoms with Crippen LogP contribution in [-0.2, 0) is 30.0 Å². The molecule has 1 aromatic rings. The lowest BCUT2D eigenvalue weighted by Gasteiger charge is -2.37. The van der Waals surface area contributed by atoms with Crippen molar-refractivity contribution < 1.29 is 70.4 Å². The average Bonchev–Trinajstić information content (AvgIpc) is 3.44. The predicted octanol–water partition coefficient (Wildman–Crippen LogP) is 7.18. The molecule has 3 atom stereocenters. The van der Waals surface area contributed by atoms with Crippen LogP contribution in [0.2, 0.25) is 0 Å². The number of hydrazine groups is 1. The third kappa shape index (κ3) is 12.1. The number of rotatable bonds is 11. The fourth-order valence-corrected chi connectivity index (χ4v) is 5.67. The highest BCUT2D eigenvalue weighted by Crippen LogP contribution is 2.39. The molecule has 0 aliphatic carbocycles. The van der Waals surface area contributed by atoms with E-state index in [1.165, 1.54) is 27.7 Å². The number of amides is 4. The fraction of sp³-hybridized carbons (Fsp3) is 0.711. The van der Waals surface area contributed by atoms with E-state index in [2.05, 4.69) is 6.92 Å². The lowest BCUT2D eigenvalue weighted by molar-refractivity contribution is -0.149. The monoisotopic (exact) mass is 807 g/mol. The van der Waals surface area contributed by atoms with Gasteiger partial charge in [-0.15, -0.1) is 0 Å². The molecule has 1 unspecified atom stereocenters. The first-order valence-electron chi connectivity index (χ1n) is 19.7. The Morgan fingerprint density at radius 2 is 1.54 bits per heavy atom. The molecular weight excluding hydrogens is 745 g/mol. The van der Waals surface area contributed by atoms with E-state index in [-0.39, 0.29) is 18.1 Å². The van der Waals surface area contributed by atoms with Gasteiger partial charge in [0.15, 0.2) is 5.54 Å². The molecule has 4 N–H and O–H groups in total. The number of hydrogen-bond acceptors (Lipinski definition) is 9. The molecule has 2 heterocycles. The van der Waals surface area contributed by atoms with Gasteiger partial charge < -0.3 is 29.2 Å². The molecule has 18 heteroatoms. The normalized spacial score (nSPS) is 25.1. The summed E-state index contributed by atoms with van der Waals surface area (Å²) in [5.41, 5.74) is -5.04. The van der Waals surface area contributed by atoms with Gasteiger partial charge in [-0.3, -0.25) is 30.2 Å². The summed E-state index contributed by atoms with van der Waals surface area (Å²) >= 11 is 0.